The Labute approximate surface area is 131 Å². The quantitative estimate of drug-likeness (QED) is 0.812. The van der Waals surface area contributed by atoms with Gasteiger partial charge in [0.25, 0.3) is 0 Å². The van der Waals surface area contributed by atoms with Crippen LogP contribution in [0.4, 0.5) is 4.79 Å². The van der Waals surface area contributed by atoms with Gasteiger partial charge in [0, 0.05) is 7.05 Å². The first kappa shape index (κ1) is 16.0. The predicted molar refractivity (Wildman–Crippen MR) is 81.8 cm³/mol. The lowest BCUT2D eigenvalue weighted by molar-refractivity contribution is -0.119. The largest absolute Gasteiger partial charge is 0.341 e. The van der Waals surface area contributed by atoms with Gasteiger partial charge >= 0.3 is 6.03 Å². The average molecular weight is 320 g/mol. The molecule has 0 radical (unpaired) electrons. The lowest BCUT2D eigenvalue weighted by Crippen LogP contribution is -2.41. The summed E-state index contributed by atoms with van der Waals surface area (Å²) in [5.74, 6) is -0.413. The van der Waals surface area contributed by atoms with E-state index in [1.165, 1.54) is 18.8 Å². The zero-order chi connectivity index (χ0) is 16.1. The highest BCUT2D eigenvalue weighted by atomic mass is 32.2. The van der Waals surface area contributed by atoms with Gasteiger partial charge in [-0.3, -0.25) is 10.1 Å². The van der Waals surface area contributed by atoms with Crippen molar-refractivity contribution in [2.75, 3.05) is 7.05 Å². The number of nitrogens with zero attached hydrogens (tertiary/aromatic N) is 4. The first-order valence-electron chi connectivity index (χ1n) is 6.56. The molecule has 1 aromatic carbocycles. The van der Waals surface area contributed by atoms with Crippen LogP contribution in [0.1, 0.15) is 12.5 Å². The number of benzene rings is 1. The maximum absolute atomic E-state index is 11.9. The van der Waals surface area contributed by atoms with Crippen molar-refractivity contribution in [3.05, 3.63) is 29.8 Å². The van der Waals surface area contributed by atoms with Crippen molar-refractivity contribution in [3.8, 4) is 5.69 Å². The van der Waals surface area contributed by atoms with Gasteiger partial charge in [-0.15, -0.1) is 5.10 Å². The Balaban J connectivity index is 2.15. The lowest BCUT2D eigenvalue weighted by atomic mass is 10.2. The minimum absolute atomic E-state index is 0.413. The van der Waals surface area contributed by atoms with Crippen molar-refractivity contribution in [1.29, 1.82) is 0 Å². The molecule has 0 bridgehead atoms. The van der Waals surface area contributed by atoms with E-state index >= 15 is 0 Å². The van der Waals surface area contributed by atoms with E-state index in [0.717, 1.165) is 11.3 Å². The van der Waals surface area contributed by atoms with E-state index in [2.05, 4.69) is 26.2 Å². The second kappa shape index (κ2) is 7.03. The van der Waals surface area contributed by atoms with Gasteiger partial charge in [-0.2, -0.15) is 4.68 Å². The van der Waals surface area contributed by atoms with Gasteiger partial charge in [-0.05, 0) is 35.9 Å². The number of rotatable bonds is 4. The highest BCUT2D eigenvalue weighted by Crippen LogP contribution is 2.24. The molecule has 1 heterocycles. The predicted octanol–water partition coefficient (Wildman–Crippen LogP) is 0.907. The van der Waals surface area contributed by atoms with Crippen LogP contribution in [0.5, 0.6) is 0 Å². The second-order valence-electron chi connectivity index (χ2n) is 4.49. The Bertz CT molecular complexity index is 687. The van der Waals surface area contributed by atoms with Crippen LogP contribution in [-0.2, 0) is 4.79 Å². The van der Waals surface area contributed by atoms with Crippen molar-refractivity contribution in [3.63, 3.8) is 0 Å². The number of para-hydroxylation sites is 1. The van der Waals surface area contributed by atoms with Gasteiger partial charge in [-0.1, -0.05) is 30.0 Å². The highest BCUT2D eigenvalue weighted by molar-refractivity contribution is 8.00. The third kappa shape index (κ3) is 3.61. The normalized spacial score (nSPS) is 11.8. The minimum atomic E-state index is -0.545. The zero-order valence-corrected chi connectivity index (χ0v) is 13.2. The molecule has 3 amide bonds. The van der Waals surface area contributed by atoms with E-state index in [1.54, 1.807) is 11.6 Å². The summed E-state index contributed by atoms with van der Waals surface area (Å²) in [4.78, 5) is 23.0. The molecule has 2 aromatic rings. The van der Waals surface area contributed by atoms with Crippen LogP contribution in [0.25, 0.3) is 5.69 Å². The van der Waals surface area contributed by atoms with E-state index in [4.69, 9.17) is 0 Å². The summed E-state index contributed by atoms with van der Waals surface area (Å²) >= 11 is 1.18. The van der Waals surface area contributed by atoms with Crippen LogP contribution in [0.15, 0.2) is 29.4 Å². The number of urea groups is 1. The highest BCUT2D eigenvalue weighted by Gasteiger charge is 2.20. The molecule has 0 saturated heterocycles. The molecule has 22 heavy (non-hydrogen) atoms. The first-order chi connectivity index (χ1) is 10.5. The molecule has 2 N–H and O–H groups in total. The fourth-order valence-corrected chi connectivity index (χ4v) is 2.49. The van der Waals surface area contributed by atoms with E-state index in [0.29, 0.717) is 5.16 Å². The van der Waals surface area contributed by atoms with Crippen molar-refractivity contribution in [2.45, 2.75) is 24.3 Å². The molecule has 116 valence electrons. The fourth-order valence-electron chi connectivity index (χ4n) is 1.69. The van der Waals surface area contributed by atoms with E-state index < -0.39 is 17.2 Å². The van der Waals surface area contributed by atoms with Gasteiger partial charge in [0.15, 0.2) is 0 Å². The van der Waals surface area contributed by atoms with Crippen molar-refractivity contribution >= 4 is 23.7 Å². The second-order valence-corrected chi connectivity index (χ2v) is 5.80. The molecule has 1 aromatic heterocycles. The number of carbonyl (C=O) groups excluding carboxylic acids is 2. The summed E-state index contributed by atoms with van der Waals surface area (Å²) in [6.07, 6.45) is 0. The lowest BCUT2D eigenvalue weighted by Gasteiger charge is -2.11. The van der Waals surface area contributed by atoms with Gasteiger partial charge in [0.2, 0.25) is 11.1 Å². The number of aromatic nitrogens is 4. The third-order valence-electron chi connectivity index (χ3n) is 2.90. The van der Waals surface area contributed by atoms with Crippen LogP contribution in [0.2, 0.25) is 0 Å². The van der Waals surface area contributed by atoms with E-state index in [1.807, 2.05) is 31.2 Å². The number of amides is 3. The standard InChI is InChI=1S/C13H16N6O2S/c1-8-6-4-5-7-10(8)19-13(16-17-18-19)22-9(2)11(20)15-12(21)14-3/h4-7,9H,1-3H3,(H2,14,15,20,21). The van der Waals surface area contributed by atoms with Gasteiger partial charge in [0.1, 0.15) is 0 Å². The van der Waals surface area contributed by atoms with Crippen LogP contribution >= 0.6 is 11.8 Å². The Morgan fingerprint density at radius 2 is 2.05 bits per heavy atom. The molecular formula is C13H16N6O2S. The number of hydrogen-bond donors (Lipinski definition) is 2. The summed E-state index contributed by atoms with van der Waals surface area (Å²) in [5.41, 5.74) is 1.85. The Morgan fingerprint density at radius 3 is 2.73 bits per heavy atom. The van der Waals surface area contributed by atoms with Crippen LogP contribution in [0.3, 0.4) is 0 Å². The molecule has 8 nitrogen and oxygen atoms in total. The van der Waals surface area contributed by atoms with Crippen molar-refractivity contribution < 1.29 is 9.59 Å². The first-order valence-corrected chi connectivity index (χ1v) is 7.44. The van der Waals surface area contributed by atoms with Crippen LogP contribution < -0.4 is 10.6 Å². The summed E-state index contributed by atoms with van der Waals surface area (Å²) in [6.45, 7) is 3.63. The number of imide groups is 1. The summed E-state index contributed by atoms with van der Waals surface area (Å²) in [5, 5.41) is 16.1. The Hall–Kier alpha value is -2.42. The van der Waals surface area contributed by atoms with Gasteiger partial charge in [-0.25, -0.2) is 4.79 Å². The zero-order valence-electron chi connectivity index (χ0n) is 12.4. The van der Waals surface area contributed by atoms with Crippen LogP contribution in [-0.4, -0.2) is 44.4 Å². The topological polar surface area (TPSA) is 102 Å². The third-order valence-corrected chi connectivity index (χ3v) is 3.93. The molecule has 0 saturated carbocycles. The number of aryl methyl sites for hydroxylation is 1. The molecule has 0 aliphatic carbocycles. The molecule has 0 fully saturated rings. The summed E-state index contributed by atoms with van der Waals surface area (Å²) < 4.78 is 1.57. The number of thioether (sulfide) groups is 1. The summed E-state index contributed by atoms with van der Waals surface area (Å²) in [7, 11) is 1.44. The molecule has 0 aliphatic heterocycles. The molecular weight excluding hydrogens is 304 g/mol. The van der Waals surface area contributed by atoms with Gasteiger partial charge in [0.05, 0.1) is 10.9 Å². The maximum atomic E-state index is 11.9. The van der Waals surface area contributed by atoms with Gasteiger partial charge < -0.3 is 5.32 Å². The Morgan fingerprint density at radius 1 is 1.32 bits per heavy atom. The molecule has 9 heteroatoms. The number of nitrogens with one attached hydrogen (secondary N) is 2. The SMILES string of the molecule is CNC(=O)NC(=O)C(C)Sc1nnnn1-c1ccccc1C. The smallest absolute Gasteiger partial charge is 0.321 e. The number of hydrogen-bond acceptors (Lipinski definition) is 6. The van der Waals surface area contributed by atoms with E-state index in [-0.39, 0.29) is 0 Å². The van der Waals surface area contributed by atoms with Crippen molar-refractivity contribution in [2.24, 2.45) is 0 Å². The molecule has 0 spiro atoms. The Kier molecular flexibility index (Phi) is 5.10. The van der Waals surface area contributed by atoms with E-state index in [9.17, 15) is 9.59 Å². The number of carbonyl (C=O) groups is 2. The number of tetrazole rings is 1. The molecule has 0 aliphatic rings. The maximum Gasteiger partial charge on any atom is 0.321 e. The van der Waals surface area contributed by atoms with Crippen LogP contribution in [0, 0.1) is 6.92 Å². The fraction of sp³-hybridized carbons (Fsp3) is 0.308. The monoisotopic (exact) mass is 320 g/mol. The average Bonchev–Trinajstić information content (AvgIpc) is 2.95. The van der Waals surface area contributed by atoms with Crippen molar-refractivity contribution in [1.82, 2.24) is 30.8 Å². The molecule has 1 unspecified atom stereocenters. The minimum Gasteiger partial charge on any atom is -0.341 e. The molecule has 1 atom stereocenters. The molecule has 2 rings (SSSR count). The summed E-state index contributed by atoms with van der Waals surface area (Å²) in [6, 6.07) is 7.12.